The van der Waals surface area contributed by atoms with Crippen LogP contribution in [-0.4, -0.2) is 58.8 Å². The van der Waals surface area contributed by atoms with Crippen molar-refractivity contribution >= 4 is 11.9 Å². The zero-order valence-corrected chi connectivity index (χ0v) is 15.4. The fraction of sp³-hybridized carbons (Fsp3) is 0.500. The summed E-state index contributed by atoms with van der Waals surface area (Å²) < 4.78 is 10.9. The van der Waals surface area contributed by atoms with Crippen molar-refractivity contribution in [1.29, 1.82) is 0 Å². The number of fused-ring (bicyclic) bond motifs is 1. The van der Waals surface area contributed by atoms with Gasteiger partial charge in [-0.3, -0.25) is 0 Å². The van der Waals surface area contributed by atoms with Gasteiger partial charge in [-0.15, -0.1) is 0 Å². The Kier molecular flexibility index (Phi) is 7.12. The van der Waals surface area contributed by atoms with Gasteiger partial charge in [0.25, 0.3) is 0 Å². The van der Waals surface area contributed by atoms with Gasteiger partial charge in [-0.2, -0.15) is 0 Å². The number of rotatable bonds is 5. The highest BCUT2D eigenvalue weighted by Crippen LogP contribution is 2.36. The summed E-state index contributed by atoms with van der Waals surface area (Å²) in [5, 5.41) is 28.2. The topological polar surface area (TPSA) is 113 Å². The minimum absolute atomic E-state index is 0.163. The zero-order chi connectivity index (χ0) is 20.1. The van der Waals surface area contributed by atoms with Crippen molar-refractivity contribution in [1.82, 2.24) is 0 Å². The predicted octanol–water partition coefficient (Wildman–Crippen LogP) is 0.954. The molecule has 0 aromatic carbocycles. The molecule has 1 unspecified atom stereocenters. The van der Waals surface area contributed by atoms with Crippen LogP contribution in [0, 0.1) is 5.92 Å². The Morgan fingerprint density at radius 2 is 2.15 bits per heavy atom. The first-order valence-corrected chi connectivity index (χ1v) is 8.83. The summed E-state index contributed by atoms with van der Waals surface area (Å²) in [6.45, 7) is 8.32. The molecule has 0 amide bonds. The molecular weight excluding hydrogens is 352 g/mol. The molecule has 7 nitrogen and oxygen atoms in total. The quantitative estimate of drug-likeness (QED) is 0.371. The first-order chi connectivity index (χ1) is 12.8. The van der Waals surface area contributed by atoms with Crippen LogP contribution in [0.3, 0.4) is 0 Å². The van der Waals surface area contributed by atoms with E-state index in [1.165, 1.54) is 0 Å². The highest BCUT2D eigenvalue weighted by molar-refractivity contribution is 5.92. The number of allylic oxidation sites excluding steroid dienone is 1. The molecule has 0 aromatic rings. The van der Waals surface area contributed by atoms with E-state index in [0.717, 1.165) is 11.1 Å². The van der Waals surface area contributed by atoms with E-state index < -0.39 is 42.8 Å². The zero-order valence-electron chi connectivity index (χ0n) is 15.4. The summed E-state index contributed by atoms with van der Waals surface area (Å²) in [7, 11) is 0. The van der Waals surface area contributed by atoms with Crippen LogP contribution < -0.4 is 0 Å². The summed E-state index contributed by atoms with van der Waals surface area (Å²) in [6, 6.07) is 0. The Hall–Kier alpha value is -2.22. The smallest absolute Gasteiger partial charge is 0.336 e. The van der Waals surface area contributed by atoms with Gasteiger partial charge in [0.1, 0.15) is 18.3 Å². The Labute approximate surface area is 158 Å². The summed E-state index contributed by atoms with van der Waals surface area (Å²) in [5.74, 6) is -2.05. The molecule has 0 saturated carbocycles. The fourth-order valence-electron chi connectivity index (χ4n) is 3.23. The average molecular weight is 378 g/mol. The van der Waals surface area contributed by atoms with Crippen LogP contribution in [0.15, 0.2) is 47.6 Å². The molecule has 0 bridgehead atoms. The molecule has 1 saturated heterocycles. The number of aliphatic hydroxyl groups is 3. The second kappa shape index (κ2) is 9.12. The Morgan fingerprint density at radius 3 is 2.78 bits per heavy atom. The minimum atomic E-state index is -1.42. The molecule has 1 aliphatic heterocycles. The molecule has 0 spiro atoms. The lowest BCUT2D eigenvalue weighted by Gasteiger charge is -2.28. The Balaban J connectivity index is 2.36. The van der Waals surface area contributed by atoms with E-state index in [4.69, 9.17) is 14.6 Å². The van der Waals surface area contributed by atoms with Crippen LogP contribution in [0.25, 0.3) is 0 Å². The van der Waals surface area contributed by atoms with E-state index in [9.17, 15) is 19.8 Å². The van der Waals surface area contributed by atoms with E-state index in [-0.39, 0.29) is 17.8 Å². The van der Waals surface area contributed by atoms with E-state index in [1.54, 1.807) is 6.08 Å². The van der Waals surface area contributed by atoms with Gasteiger partial charge in [0.2, 0.25) is 0 Å². The molecule has 27 heavy (non-hydrogen) atoms. The first kappa shape index (κ1) is 21.1. The third-order valence-electron chi connectivity index (χ3n) is 4.84. The standard InChI is InChI=1S/C20H26O7/c1-11-5-4-6-14(9-21)8-17-18(13(3)20(25)27-17)16(7-11)26-19(24)12(2)15(23)10-22/h5,8,15-18,21-23H,2-4,6-7,9-10H2,1H3/b11-5?,14-8-/t15?,16-,17+,18+/m0/s1. The lowest BCUT2D eigenvalue weighted by Crippen LogP contribution is -2.35. The van der Waals surface area contributed by atoms with Crippen molar-refractivity contribution in [3.05, 3.63) is 47.6 Å². The van der Waals surface area contributed by atoms with Gasteiger partial charge >= 0.3 is 11.9 Å². The number of carbonyl (C=O) groups is 2. The summed E-state index contributed by atoms with van der Waals surface area (Å²) in [6.07, 6.45) is 2.46. The first-order valence-electron chi connectivity index (χ1n) is 8.83. The molecule has 0 radical (unpaired) electrons. The van der Waals surface area contributed by atoms with Crippen molar-refractivity contribution in [2.45, 2.75) is 44.5 Å². The molecule has 1 aliphatic carbocycles. The van der Waals surface area contributed by atoms with Crippen LogP contribution in [0.4, 0.5) is 0 Å². The second-order valence-electron chi connectivity index (χ2n) is 6.86. The van der Waals surface area contributed by atoms with Crippen molar-refractivity contribution in [3.63, 3.8) is 0 Å². The van der Waals surface area contributed by atoms with Crippen LogP contribution in [-0.2, 0) is 19.1 Å². The monoisotopic (exact) mass is 378 g/mol. The van der Waals surface area contributed by atoms with E-state index >= 15 is 0 Å². The van der Waals surface area contributed by atoms with Crippen molar-refractivity contribution in [2.75, 3.05) is 13.2 Å². The number of hydrogen-bond acceptors (Lipinski definition) is 7. The number of carbonyl (C=O) groups excluding carboxylic acids is 2. The number of ether oxygens (including phenoxy) is 2. The highest BCUT2D eigenvalue weighted by Gasteiger charge is 2.44. The van der Waals surface area contributed by atoms with Gasteiger partial charge in [0.05, 0.1) is 24.7 Å². The van der Waals surface area contributed by atoms with Crippen molar-refractivity contribution < 1.29 is 34.4 Å². The van der Waals surface area contributed by atoms with Crippen molar-refractivity contribution in [2.24, 2.45) is 5.92 Å². The molecule has 1 fully saturated rings. The van der Waals surface area contributed by atoms with Gasteiger partial charge in [-0.25, -0.2) is 9.59 Å². The van der Waals surface area contributed by atoms with Crippen molar-refractivity contribution in [3.8, 4) is 0 Å². The largest absolute Gasteiger partial charge is 0.458 e. The van der Waals surface area contributed by atoms with Crippen LogP contribution in [0.5, 0.6) is 0 Å². The minimum Gasteiger partial charge on any atom is -0.458 e. The SMILES string of the molecule is C=C(C(=O)O[C@H]1CC(C)=CCC/C(CO)=C/[C@H]2OC(=O)C(=C)[C@H]12)C(O)CO. The lowest BCUT2D eigenvalue weighted by molar-refractivity contribution is -0.148. The molecule has 148 valence electrons. The second-order valence-corrected chi connectivity index (χ2v) is 6.86. The number of hydrogen-bond donors (Lipinski definition) is 3. The van der Waals surface area contributed by atoms with Gasteiger partial charge in [0.15, 0.2) is 0 Å². The maximum absolute atomic E-state index is 12.3. The van der Waals surface area contributed by atoms with Gasteiger partial charge < -0.3 is 24.8 Å². The molecule has 7 heteroatoms. The number of aliphatic hydroxyl groups excluding tert-OH is 3. The Bertz CT molecular complexity index is 688. The average Bonchev–Trinajstić information content (AvgIpc) is 2.92. The molecular formula is C20H26O7. The lowest BCUT2D eigenvalue weighted by atomic mass is 9.85. The van der Waals surface area contributed by atoms with Gasteiger partial charge in [-0.1, -0.05) is 24.8 Å². The third kappa shape index (κ3) is 4.94. The summed E-state index contributed by atoms with van der Waals surface area (Å²) >= 11 is 0. The predicted molar refractivity (Wildman–Crippen MR) is 97.4 cm³/mol. The molecule has 2 rings (SSSR count). The Morgan fingerprint density at radius 1 is 1.44 bits per heavy atom. The molecule has 2 aliphatic rings. The summed E-state index contributed by atoms with van der Waals surface area (Å²) in [4.78, 5) is 24.4. The molecule has 1 heterocycles. The van der Waals surface area contributed by atoms with E-state index in [0.29, 0.717) is 19.3 Å². The maximum Gasteiger partial charge on any atom is 0.336 e. The van der Waals surface area contributed by atoms with Crippen LogP contribution in [0.1, 0.15) is 26.2 Å². The van der Waals surface area contributed by atoms with Crippen LogP contribution >= 0.6 is 0 Å². The molecule has 0 aromatic heterocycles. The summed E-state index contributed by atoms with van der Waals surface area (Å²) in [5.41, 5.74) is 1.60. The normalized spacial score (nSPS) is 29.0. The number of esters is 2. The van der Waals surface area contributed by atoms with E-state index in [2.05, 4.69) is 13.2 Å². The fourth-order valence-corrected chi connectivity index (χ4v) is 3.23. The van der Waals surface area contributed by atoms with Gasteiger partial charge in [-0.05, 0) is 31.4 Å². The third-order valence-corrected chi connectivity index (χ3v) is 4.84. The maximum atomic E-state index is 12.3. The van der Waals surface area contributed by atoms with Crippen LogP contribution in [0.2, 0.25) is 0 Å². The molecule has 4 atom stereocenters. The molecule has 3 N–H and O–H groups in total. The highest BCUT2D eigenvalue weighted by atomic mass is 16.6. The van der Waals surface area contributed by atoms with E-state index in [1.807, 2.05) is 13.0 Å². The van der Waals surface area contributed by atoms with Gasteiger partial charge in [0, 0.05) is 12.0 Å².